The fourth-order valence-electron chi connectivity index (χ4n) is 3.00. The zero-order valence-electron chi connectivity index (χ0n) is 15.5. The van der Waals surface area contributed by atoms with Crippen LogP contribution < -0.4 is 10.2 Å². The largest absolute Gasteiger partial charge is 0.489 e. The van der Waals surface area contributed by atoms with E-state index in [2.05, 4.69) is 0 Å². The van der Waals surface area contributed by atoms with Crippen molar-refractivity contribution in [1.29, 1.82) is 0 Å². The number of hydroxylamine groups is 1. The van der Waals surface area contributed by atoms with Gasteiger partial charge >= 0.3 is 6.09 Å². The molecule has 2 aromatic rings. The van der Waals surface area contributed by atoms with Crippen molar-refractivity contribution in [2.45, 2.75) is 36.7 Å². The van der Waals surface area contributed by atoms with Crippen molar-refractivity contribution in [2.75, 3.05) is 6.54 Å². The molecule has 0 radical (unpaired) electrons. The van der Waals surface area contributed by atoms with Gasteiger partial charge < -0.3 is 14.6 Å². The summed E-state index contributed by atoms with van der Waals surface area (Å²) in [4.78, 5) is 11.3. The highest BCUT2D eigenvalue weighted by atomic mass is 32.2. The lowest BCUT2D eigenvalue weighted by atomic mass is 10.1. The number of nitrogens with zero attached hydrogens (tertiary/aromatic N) is 1. The quantitative estimate of drug-likeness (QED) is 0.479. The van der Waals surface area contributed by atoms with Crippen molar-refractivity contribution < 1.29 is 33.0 Å². The van der Waals surface area contributed by atoms with Gasteiger partial charge in [-0.1, -0.05) is 30.3 Å². The SMILES string of the molecule is O=C(NO)O[C@@H]1C[C@H](O)CCN1S(=O)(=O)c1ccc(OCc2ccccc2)cc1. The maximum Gasteiger partial charge on any atom is 0.432 e. The molecule has 1 heterocycles. The number of benzene rings is 2. The fourth-order valence-corrected chi connectivity index (χ4v) is 4.54. The molecule has 10 heteroatoms. The van der Waals surface area contributed by atoms with Gasteiger partial charge in [-0.2, -0.15) is 4.31 Å². The van der Waals surface area contributed by atoms with E-state index in [4.69, 9.17) is 14.7 Å². The van der Waals surface area contributed by atoms with E-state index < -0.39 is 28.4 Å². The van der Waals surface area contributed by atoms with Crippen LogP contribution in [0.1, 0.15) is 18.4 Å². The van der Waals surface area contributed by atoms with E-state index in [0.29, 0.717) is 12.4 Å². The molecule has 1 aliphatic heterocycles. The smallest absolute Gasteiger partial charge is 0.432 e. The van der Waals surface area contributed by atoms with Crippen molar-refractivity contribution in [3.8, 4) is 5.75 Å². The van der Waals surface area contributed by atoms with E-state index in [-0.39, 0.29) is 24.3 Å². The molecule has 0 spiro atoms. The first-order valence-electron chi connectivity index (χ1n) is 8.97. The Kier molecular flexibility index (Phi) is 6.70. The number of nitrogens with one attached hydrogen (secondary N) is 1. The Morgan fingerprint density at radius 2 is 1.83 bits per heavy atom. The van der Waals surface area contributed by atoms with E-state index in [1.807, 2.05) is 30.3 Å². The molecule has 0 saturated carbocycles. The summed E-state index contributed by atoms with van der Waals surface area (Å²) in [6, 6.07) is 15.5. The molecule has 1 amide bonds. The van der Waals surface area contributed by atoms with Gasteiger partial charge in [0.05, 0.1) is 11.0 Å². The van der Waals surface area contributed by atoms with Crippen LogP contribution in [0.25, 0.3) is 0 Å². The van der Waals surface area contributed by atoms with Gasteiger partial charge in [0.2, 0.25) is 10.0 Å². The van der Waals surface area contributed by atoms with Crippen molar-refractivity contribution in [2.24, 2.45) is 0 Å². The van der Waals surface area contributed by atoms with Gasteiger partial charge in [0.25, 0.3) is 0 Å². The summed E-state index contributed by atoms with van der Waals surface area (Å²) < 4.78 is 37.5. The molecule has 3 rings (SSSR count). The first-order chi connectivity index (χ1) is 13.9. The molecule has 0 aliphatic carbocycles. The highest BCUT2D eigenvalue weighted by Crippen LogP contribution is 2.27. The summed E-state index contributed by atoms with van der Waals surface area (Å²) in [6.45, 7) is 0.322. The maximum absolute atomic E-state index is 13.0. The van der Waals surface area contributed by atoms with E-state index in [0.717, 1.165) is 9.87 Å². The Morgan fingerprint density at radius 3 is 2.48 bits per heavy atom. The molecule has 2 atom stereocenters. The number of ether oxygens (including phenoxy) is 2. The van der Waals surface area contributed by atoms with E-state index in [1.165, 1.54) is 17.6 Å². The first-order valence-corrected chi connectivity index (χ1v) is 10.4. The van der Waals surface area contributed by atoms with Gasteiger partial charge in [-0.25, -0.2) is 18.7 Å². The number of rotatable bonds is 6. The number of hydrogen-bond donors (Lipinski definition) is 3. The third kappa shape index (κ3) is 5.24. The van der Waals surface area contributed by atoms with Crippen LogP contribution in [-0.2, 0) is 21.4 Å². The molecular weight excluding hydrogens is 400 g/mol. The van der Waals surface area contributed by atoms with Gasteiger partial charge in [-0.3, -0.25) is 5.21 Å². The Hall–Kier alpha value is -2.66. The monoisotopic (exact) mass is 422 g/mol. The van der Waals surface area contributed by atoms with Gasteiger partial charge in [0.1, 0.15) is 12.4 Å². The first kappa shape index (κ1) is 21.1. The molecule has 0 bridgehead atoms. The van der Waals surface area contributed by atoms with Gasteiger partial charge in [-0.05, 0) is 36.2 Å². The second-order valence-corrected chi connectivity index (χ2v) is 8.40. The number of amides is 1. The maximum atomic E-state index is 13.0. The number of aliphatic hydroxyl groups is 1. The normalized spacial score (nSPS) is 20.1. The van der Waals surface area contributed by atoms with Crippen LogP contribution in [0.5, 0.6) is 5.75 Å². The molecule has 1 saturated heterocycles. The average molecular weight is 422 g/mol. The van der Waals surface area contributed by atoms with E-state index >= 15 is 0 Å². The second-order valence-electron chi connectivity index (χ2n) is 6.51. The zero-order chi connectivity index (χ0) is 20.9. The van der Waals surface area contributed by atoms with Crippen LogP contribution in [0.3, 0.4) is 0 Å². The number of carbonyl (C=O) groups is 1. The minimum absolute atomic E-state index is 0.000965. The Morgan fingerprint density at radius 1 is 1.14 bits per heavy atom. The Labute approximate surface area is 168 Å². The topological polar surface area (TPSA) is 125 Å². The predicted molar refractivity (Wildman–Crippen MR) is 102 cm³/mol. The minimum atomic E-state index is -3.99. The lowest BCUT2D eigenvalue weighted by Crippen LogP contribution is -2.50. The average Bonchev–Trinajstić information content (AvgIpc) is 2.73. The van der Waals surface area contributed by atoms with Crippen molar-refractivity contribution in [3.05, 3.63) is 60.2 Å². The molecule has 2 aromatic carbocycles. The summed E-state index contributed by atoms with van der Waals surface area (Å²) in [5.41, 5.74) is 2.28. The van der Waals surface area contributed by atoms with Gasteiger partial charge in [-0.15, -0.1) is 0 Å². The fraction of sp³-hybridized carbons (Fsp3) is 0.316. The molecule has 1 fully saturated rings. The molecular formula is C19H22N2O7S. The van der Waals surface area contributed by atoms with Crippen LogP contribution in [0.4, 0.5) is 4.79 Å². The van der Waals surface area contributed by atoms with Gasteiger partial charge in [0.15, 0.2) is 6.23 Å². The Bertz CT molecular complexity index is 919. The van der Waals surface area contributed by atoms with Crippen molar-refractivity contribution >= 4 is 16.1 Å². The second kappa shape index (κ2) is 9.23. The third-order valence-corrected chi connectivity index (χ3v) is 6.39. The van der Waals surface area contributed by atoms with Gasteiger partial charge in [0, 0.05) is 13.0 Å². The molecule has 29 heavy (non-hydrogen) atoms. The standard InChI is InChI=1S/C19H22N2O7S/c22-15-10-11-21(18(12-15)28-19(23)20-24)29(25,26)17-8-6-16(7-9-17)27-13-14-4-2-1-3-5-14/h1-9,15,18,22,24H,10-13H2,(H,20,23)/t15-,18-/m1/s1. The number of sulfonamides is 1. The highest BCUT2D eigenvalue weighted by Gasteiger charge is 2.38. The summed E-state index contributed by atoms with van der Waals surface area (Å²) in [5.74, 6) is 0.509. The van der Waals surface area contributed by atoms with Crippen LogP contribution in [0, 0.1) is 0 Å². The summed E-state index contributed by atoms with van der Waals surface area (Å²) >= 11 is 0. The molecule has 0 aromatic heterocycles. The van der Waals surface area contributed by atoms with Crippen LogP contribution in [0.15, 0.2) is 59.5 Å². The zero-order valence-corrected chi connectivity index (χ0v) is 16.3. The summed E-state index contributed by atoms with van der Waals surface area (Å²) in [5, 5.41) is 18.4. The highest BCUT2D eigenvalue weighted by molar-refractivity contribution is 7.89. The van der Waals surface area contributed by atoms with Crippen LogP contribution in [0.2, 0.25) is 0 Å². The minimum Gasteiger partial charge on any atom is -0.489 e. The number of piperidine rings is 1. The molecule has 3 N–H and O–H groups in total. The van der Waals surface area contributed by atoms with E-state index in [9.17, 15) is 18.3 Å². The lowest BCUT2D eigenvalue weighted by molar-refractivity contribution is -0.0444. The summed E-state index contributed by atoms with van der Waals surface area (Å²) in [7, 11) is -3.99. The number of carbonyl (C=O) groups excluding carboxylic acids is 1. The Balaban J connectivity index is 1.72. The molecule has 1 aliphatic rings. The molecule has 156 valence electrons. The number of aliphatic hydroxyl groups excluding tert-OH is 1. The summed E-state index contributed by atoms with van der Waals surface area (Å²) in [6.07, 6.45) is -3.13. The number of hydrogen-bond acceptors (Lipinski definition) is 7. The van der Waals surface area contributed by atoms with Crippen molar-refractivity contribution in [3.63, 3.8) is 0 Å². The lowest BCUT2D eigenvalue weighted by Gasteiger charge is -2.35. The van der Waals surface area contributed by atoms with Crippen LogP contribution in [-0.4, -0.2) is 48.0 Å². The molecule has 0 unspecified atom stereocenters. The van der Waals surface area contributed by atoms with Crippen molar-refractivity contribution in [1.82, 2.24) is 9.79 Å². The molecule has 9 nitrogen and oxygen atoms in total. The van der Waals surface area contributed by atoms with E-state index in [1.54, 1.807) is 12.1 Å². The van der Waals surface area contributed by atoms with Crippen LogP contribution >= 0.6 is 0 Å². The third-order valence-electron chi connectivity index (χ3n) is 4.49. The predicted octanol–water partition coefficient (Wildman–Crippen LogP) is 1.85.